The van der Waals surface area contributed by atoms with Crippen LogP contribution < -0.4 is 9.62 Å². The van der Waals surface area contributed by atoms with Gasteiger partial charge in [-0.2, -0.15) is 0 Å². The zero-order chi connectivity index (χ0) is 32.6. The Morgan fingerprint density at radius 2 is 1.40 bits per heavy atom. The molecule has 1 N–H and O–H groups in total. The van der Waals surface area contributed by atoms with Crippen molar-refractivity contribution in [3.05, 3.63) is 131 Å². The van der Waals surface area contributed by atoms with Crippen LogP contribution in [0, 0.1) is 24.5 Å². The number of rotatable bonds is 13. The number of sulfonamides is 1. The zero-order valence-corrected chi connectivity index (χ0v) is 26.3. The number of halogens is 2. The average molecular weight is 634 g/mol. The van der Waals surface area contributed by atoms with Crippen LogP contribution in [0.3, 0.4) is 0 Å². The molecular weight excluding hydrogens is 596 g/mol. The number of carbonyl (C=O) groups is 2. The number of amides is 2. The minimum absolute atomic E-state index is 0.0787. The topological polar surface area (TPSA) is 86.8 Å². The molecule has 0 aliphatic heterocycles. The van der Waals surface area contributed by atoms with Crippen molar-refractivity contribution in [2.24, 2.45) is 5.92 Å². The molecule has 4 rings (SSSR count). The molecule has 0 aliphatic carbocycles. The highest BCUT2D eigenvalue weighted by Gasteiger charge is 2.35. The summed E-state index contributed by atoms with van der Waals surface area (Å²) in [5.41, 5.74) is 1.36. The van der Waals surface area contributed by atoms with Gasteiger partial charge < -0.3 is 10.2 Å². The summed E-state index contributed by atoms with van der Waals surface area (Å²) < 4.78 is 58.9. The maximum absolute atomic E-state index is 15.2. The van der Waals surface area contributed by atoms with E-state index >= 15 is 4.39 Å². The molecule has 0 saturated heterocycles. The van der Waals surface area contributed by atoms with E-state index in [1.54, 1.807) is 37.3 Å². The Labute approximate surface area is 263 Å². The van der Waals surface area contributed by atoms with Crippen LogP contribution in [0.1, 0.15) is 30.5 Å². The predicted octanol–water partition coefficient (Wildman–Crippen LogP) is 5.88. The molecule has 0 radical (unpaired) electrons. The van der Waals surface area contributed by atoms with E-state index in [1.807, 2.05) is 32.0 Å². The summed E-state index contributed by atoms with van der Waals surface area (Å²) in [4.78, 5) is 29.1. The van der Waals surface area contributed by atoms with Crippen molar-refractivity contribution in [1.29, 1.82) is 0 Å². The molecule has 1 atom stereocenters. The van der Waals surface area contributed by atoms with Crippen LogP contribution in [0.2, 0.25) is 0 Å². The third-order valence-corrected chi connectivity index (χ3v) is 9.04. The summed E-state index contributed by atoms with van der Waals surface area (Å²) in [6.45, 7) is 4.82. The molecule has 4 aromatic rings. The molecule has 0 aliphatic rings. The summed E-state index contributed by atoms with van der Waals surface area (Å²) in [7, 11) is -4.46. The first-order chi connectivity index (χ1) is 21.5. The molecule has 0 unspecified atom stereocenters. The molecule has 0 saturated carbocycles. The van der Waals surface area contributed by atoms with Crippen molar-refractivity contribution in [2.75, 3.05) is 17.4 Å². The van der Waals surface area contributed by atoms with Gasteiger partial charge in [0.15, 0.2) is 0 Å². The zero-order valence-electron chi connectivity index (χ0n) is 25.5. The second kappa shape index (κ2) is 14.9. The monoisotopic (exact) mass is 633 g/mol. The summed E-state index contributed by atoms with van der Waals surface area (Å²) in [5.74, 6) is -2.61. The molecule has 0 aromatic heterocycles. The molecule has 236 valence electrons. The molecule has 10 heteroatoms. The highest BCUT2D eigenvalue weighted by atomic mass is 32.2. The van der Waals surface area contributed by atoms with Crippen LogP contribution >= 0.6 is 0 Å². The minimum atomic E-state index is -4.46. The van der Waals surface area contributed by atoms with Crippen molar-refractivity contribution in [3.8, 4) is 0 Å². The Hall–Kier alpha value is -4.57. The Morgan fingerprint density at radius 3 is 2.02 bits per heavy atom. The predicted molar refractivity (Wildman–Crippen MR) is 171 cm³/mol. The van der Waals surface area contributed by atoms with Gasteiger partial charge >= 0.3 is 0 Å². The van der Waals surface area contributed by atoms with Gasteiger partial charge in [0.05, 0.1) is 10.6 Å². The quantitative estimate of drug-likeness (QED) is 0.199. The first kappa shape index (κ1) is 33.3. The largest absolute Gasteiger partial charge is 0.354 e. The fourth-order valence-electron chi connectivity index (χ4n) is 4.79. The van der Waals surface area contributed by atoms with E-state index < -0.39 is 46.1 Å². The Kier molecular flexibility index (Phi) is 11.1. The normalized spacial score (nSPS) is 12.0. The maximum atomic E-state index is 15.2. The van der Waals surface area contributed by atoms with Gasteiger partial charge in [-0.1, -0.05) is 92.2 Å². The number of hydrogen-bond donors (Lipinski definition) is 1. The van der Waals surface area contributed by atoms with Gasteiger partial charge in [0, 0.05) is 25.1 Å². The molecule has 0 bridgehead atoms. The van der Waals surface area contributed by atoms with Gasteiger partial charge in [0.2, 0.25) is 11.8 Å². The van der Waals surface area contributed by atoms with E-state index in [2.05, 4.69) is 5.32 Å². The van der Waals surface area contributed by atoms with Crippen molar-refractivity contribution in [2.45, 2.75) is 44.7 Å². The Balaban J connectivity index is 1.81. The number of anilines is 1. The lowest BCUT2D eigenvalue weighted by Gasteiger charge is -2.34. The summed E-state index contributed by atoms with van der Waals surface area (Å²) in [6, 6.07) is 25.0. The number of carbonyl (C=O) groups excluding carboxylic acids is 2. The van der Waals surface area contributed by atoms with Crippen molar-refractivity contribution in [3.63, 3.8) is 0 Å². The van der Waals surface area contributed by atoms with E-state index in [0.717, 1.165) is 17.2 Å². The highest BCUT2D eigenvalue weighted by molar-refractivity contribution is 7.92. The van der Waals surface area contributed by atoms with Gasteiger partial charge in [-0.25, -0.2) is 17.2 Å². The van der Waals surface area contributed by atoms with Crippen LogP contribution in [0.15, 0.2) is 108 Å². The molecule has 2 amide bonds. The smallest absolute Gasteiger partial charge is 0.264 e. The van der Waals surface area contributed by atoms with E-state index in [4.69, 9.17) is 0 Å². The van der Waals surface area contributed by atoms with Crippen LogP contribution in [0.4, 0.5) is 14.5 Å². The molecule has 0 spiro atoms. The lowest BCUT2D eigenvalue weighted by molar-refractivity contribution is -0.140. The minimum Gasteiger partial charge on any atom is -0.354 e. The van der Waals surface area contributed by atoms with Crippen LogP contribution in [0.5, 0.6) is 0 Å². The standard InChI is InChI=1S/C35H37F2N3O4S/c1-25(2)22-38-35(42)33(21-27-11-5-4-6-12-27)39(23-28-13-7-8-14-30(28)36)34(41)24-40(32-16-10-9-15-31(32)37)45(43,44)29-19-17-26(3)18-20-29/h4-20,25,33H,21-24H2,1-3H3,(H,38,42)/t33-/m1/s1. The fraction of sp³-hybridized carbons (Fsp3) is 0.257. The van der Waals surface area contributed by atoms with Gasteiger partial charge in [-0.05, 0) is 48.7 Å². The summed E-state index contributed by atoms with van der Waals surface area (Å²) in [6.07, 6.45) is 0.0787. The Bertz CT molecular complexity index is 1710. The van der Waals surface area contributed by atoms with Crippen molar-refractivity contribution < 1.29 is 26.8 Å². The van der Waals surface area contributed by atoms with Crippen molar-refractivity contribution >= 4 is 27.5 Å². The molecular formula is C35H37F2N3O4S. The number of nitrogens with zero attached hydrogens (tertiary/aromatic N) is 2. The van der Waals surface area contributed by atoms with Crippen LogP contribution in [0.25, 0.3) is 0 Å². The number of nitrogens with one attached hydrogen (secondary N) is 1. The Morgan fingerprint density at radius 1 is 0.800 bits per heavy atom. The second-order valence-corrected chi connectivity index (χ2v) is 13.1. The highest BCUT2D eigenvalue weighted by Crippen LogP contribution is 2.27. The van der Waals surface area contributed by atoms with E-state index in [9.17, 15) is 22.4 Å². The molecule has 0 heterocycles. The average Bonchev–Trinajstić information content (AvgIpc) is 3.02. The lowest BCUT2D eigenvalue weighted by atomic mass is 10.0. The molecule has 4 aromatic carbocycles. The maximum Gasteiger partial charge on any atom is 0.264 e. The number of hydrogen-bond acceptors (Lipinski definition) is 4. The van der Waals surface area contributed by atoms with Gasteiger partial charge in [0.1, 0.15) is 24.2 Å². The number of aryl methyl sites for hydroxylation is 1. The van der Waals surface area contributed by atoms with Crippen LogP contribution in [-0.4, -0.2) is 44.3 Å². The summed E-state index contributed by atoms with van der Waals surface area (Å²) in [5, 5.41) is 2.88. The second-order valence-electron chi connectivity index (χ2n) is 11.2. The SMILES string of the molecule is Cc1ccc(S(=O)(=O)N(CC(=O)N(Cc2ccccc2F)[C@H](Cc2ccccc2)C(=O)NCC(C)C)c2ccccc2F)cc1. The third-order valence-electron chi connectivity index (χ3n) is 7.26. The van der Waals surface area contributed by atoms with E-state index in [0.29, 0.717) is 10.8 Å². The molecule has 45 heavy (non-hydrogen) atoms. The molecule has 0 fully saturated rings. The molecule has 7 nitrogen and oxygen atoms in total. The lowest BCUT2D eigenvalue weighted by Crippen LogP contribution is -2.54. The van der Waals surface area contributed by atoms with Crippen molar-refractivity contribution in [1.82, 2.24) is 10.2 Å². The van der Waals surface area contributed by atoms with Gasteiger partial charge in [0.25, 0.3) is 10.0 Å². The van der Waals surface area contributed by atoms with Crippen LogP contribution in [-0.2, 0) is 32.6 Å². The van der Waals surface area contributed by atoms with Gasteiger partial charge in [-0.15, -0.1) is 0 Å². The first-order valence-corrected chi connectivity index (χ1v) is 16.1. The third kappa shape index (κ3) is 8.54. The number of benzene rings is 4. The first-order valence-electron chi connectivity index (χ1n) is 14.7. The van der Waals surface area contributed by atoms with E-state index in [-0.39, 0.29) is 35.0 Å². The number of para-hydroxylation sites is 1. The summed E-state index contributed by atoms with van der Waals surface area (Å²) >= 11 is 0. The fourth-order valence-corrected chi connectivity index (χ4v) is 6.21. The van der Waals surface area contributed by atoms with E-state index in [1.165, 1.54) is 53.4 Å². The van der Waals surface area contributed by atoms with Gasteiger partial charge in [-0.3, -0.25) is 13.9 Å².